The van der Waals surface area contributed by atoms with Crippen molar-refractivity contribution in [1.82, 2.24) is 5.32 Å². The Morgan fingerprint density at radius 1 is 1.18 bits per heavy atom. The van der Waals surface area contributed by atoms with Crippen LogP contribution in [0, 0.1) is 11.8 Å². The number of ether oxygens (including phenoxy) is 1. The van der Waals surface area contributed by atoms with Gasteiger partial charge in [-0.1, -0.05) is 25.7 Å². The van der Waals surface area contributed by atoms with Crippen LogP contribution in [0.25, 0.3) is 0 Å². The SMILES string of the molecule is O=C(CC1CCOC1)NCCCC1CCCC1. The molecule has 1 saturated carbocycles. The lowest BCUT2D eigenvalue weighted by Crippen LogP contribution is -2.26. The summed E-state index contributed by atoms with van der Waals surface area (Å²) >= 11 is 0. The first kappa shape index (κ1) is 12.9. The minimum atomic E-state index is 0.215. The van der Waals surface area contributed by atoms with Crippen molar-refractivity contribution >= 4 is 5.91 Å². The molecule has 3 nitrogen and oxygen atoms in total. The summed E-state index contributed by atoms with van der Waals surface area (Å²) in [6.45, 7) is 2.47. The first-order chi connectivity index (χ1) is 8.34. The quantitative estimate of drug-likeness (QED) is 0.723. The highest BCUT2D eigenvalue weighted by Crippen LogP contribution is 2.28. The predicted octanol–water partition coefficient (Wildman–Crippen LogP) is 2.50. The Morgan fingerprint density at radius 3 is 2.71 bits per heavy atom. The predicted molar refractivity (Wildman–Crippen MR) is 67.7 cm³/mol. The average Bonchev–Trinajstić information content (AvgIpc) is 2.96. The van der Waals surface area contributed by atoms with E-state index in [2.05, 4.69) is 5.32 Å². The molecule has 0 bridgehead atoms. The number of rotatable bonds is 6. The molecule has 2 rings (SSSR count). The summed E-state index contributed by atoms with van der Waals surface area (Å²) in [6, 6.07) is 0. The van der Waals surface area contributed by atoms with Crippen LogP contribution in [-0.2, 0) is 9.53 Å². The molecule has 17 heavy (non-hydrogen) atoms. The largest absolute Gasteiger partial charge is 0.381 e. The maximum atomic E-state index is 11.6. The molecule has 0 radical (unpaired) electrons. The van der Waals surface area contributed by atoms with Gasteiger partial charge in [0.2, 0.25) is 5.91 Å². The molecule has 1 aliphatic carbocycles. The number of carbonyl (C=O) groups is 1. The third kappa shape index (κ3) is 4.66. The molecule has 1 aliphatic heterocycles. The third-order valence-corrected chi connectivity index (χ3v) is 4.08. The van der Waals surface area contributed by atoms with Gasteiger partial charge in [0.05, 0.1) is 0 Å². The molecule has 1 atom stereocenters. The van der Waals surface area contributed by atoms with Gasteiger partial charge in [-0.15, -0.1) is 0 Å². The van der Waals surface area contributed by atoms with Crippen LogP contribution in [0.15, 0.2) is 0 Å². The van der Waals surface area contributed by atoms with Gasteiger partial charge >= 0.3 is 0 Å². The van der Waals surface area contributed by atoms with E-state index < -0.39 is 0 Å². The summed E-state index contributed by atoms with van der Waals surface area (Å²) in [5.74, 6) is 1.62. The van der Waals surface area contributed by atoms with Crippen molar-refractivity contribution in [2.45, 2.75) is 51.4 Å². The van der Waals surface area contributed by atoms with Crippen LogP contribution in [0.5, 0.6) is 0 Å². The zero-order chi connectivity index (χ0) is 11.9. The molecular weight excluding hydrogens is 214 g/mol. The smallest absolute Gasteiger partial charge is 0.220 e. The van der Waals surface area contributed by atoms with Crippen molar-refractivity contribution in [1.29, 1.82) is 0 Å². The summed E-state index contributed by atoms with van der Waals surface area (Å²) in [5, 5.41) is 3.04. The first-order valence-electron chi connectivity index (χ1n) is 7.19. The maximum absolute atomic E-state index is 11.6. The molecule has 1 unspecified atom stereocenters. The van der Waals surface area contributed by atoms with Crippen molar-refractivity contribution in [3.8, 4) is 0 Å². The monoisotopic (exact) mass is 239 g/mol. The Hall–Kier alpha value is -0.570. The maximum Gasteiger partial charge on any atom is 0.220 e. The molecular formula is C14H25NO2. The number of amides is 1. The second kappa shape index (κ2) is 7.00. The van der Waals surface area contributed by atoms with Gasteiger partial charge in [-0.3, -0.25) is 4.79 Å². The van der Waals surface area contributed by atoms with Crippen LogP contribution in [0.3, 0.4) is 0 Å². The lowest BCUT2D eigenvalue weighted by atomic mass is 10.0. The van der Waals surface area contributed by atoms with Gasteiger partial charge in [0.25, 0.3) is 0 Å². The molecule has 2 aliphatic rings. The topological polar surface area (TPSA) is 38.3 Å². The highest BCUT2D eigenvalue weighted by atomic mass is 16.5. The van der Waals surface area contributed by atoms with E-state index in [4.69, 9.17) is 4.74 Å². The third-order valence-electron chi connectivity index (χ3n) is 4.08. The average molecular weight is 239 g/mol. The van der Waals surface area contributed by atoms with Gasteiger partial charge in [0.1, 0.15) is 0 Å². The van der Waals surface area contributed by atoms with Crippen molar-refractivity contribution < 1.29 is 9.53 Å². The Balaban J connectivity index is 1.47. The van der Waals surface area contributed by atoms with Gasteiger partial charge < -0.3 is 10.1 Å². The number of nitrogens with one attached hydrogen (secondary N) is 1. The second-order valence-electron chi connectivity index (χ2n) is 5.58. The van der Waals surface area contributed by atoms with Crippen LogP contribution in [0.1, 0.15) is 51.4 Å². The van der Waals surface area contributed by atoms with E-state index in [0.717, 1.165) is 38.5 Å². The molecule has 98 valence electrons. The first-order valence-corrected chi connectivity index (χ1v) is 7.19. The molecule has 0 spiro atoms. The van der Waals surface area contributed by atoms with Crippen LogP contribution in [0.2, 0.25) is 0 Å². The van der Waals surface area contributed by atoms with E-state index in [1.54, 1.807) is 0 Å². The molecule has 1 heterocycles. The minimum Gasteiger partial charge on any atom is -0.381 e. The van der Waals surface area contributed by atoms with Crippen molar-refractivity contribution in [2.24, 2.45) is 11.8 Å². The highest BCUT2D eigenvalue weighted by molar-refractivity contribution is 5.76. The summed E-state index contributed by atoms with van der Waals surface area (Å²) in [7, 11) is 0. The van der Waals surface area contributed by atoms with Gasteiger partial charge in [-0.2, -0.15) is 0 Å². The van der Waals surface area contributed by atoms with Gasteiger partial charge in [0.15, 0.2) is 0 Å². The Morgan fingerprint density at radius 2 is 2.00 bits per heavy atom. The van der Waals surface area contributed by atoms with Crippen LogP contribution >= 0.6 is 0 Å². The Kier molecular flexibility index (Phi) is 5.30. The highest BCUT2D eigenvalue weighted by Gasteiger charge is 2.19. The van der Waals surface area contributed by atoms with Gasteiger partial charge in [0, 0.05) is 26.2 Å². The Labute approximate surface area is 104 Å². The van der Waals surface area contributed by atoms with Crippen molar-refractivity contribution in [3.05, 3.63) is 0 Å². The zero-order valence-electron chi connectivity index (χ0n) is 10.7. The molecule has 0 aromatic rings. The summed E-state index contributed by atoms with van der Waals surface area (Å²) < 4.78 is 5.27. The molecule has 2 fully saturated rings. The van der Waals surface area contributed by atoms with Crippen molar-refractivity contribution in [3.63, 3.8) is 0 Å². The lowest BCUT2D eigenvalue weighted by molar-refractivity contribution is -0.122. The fourth-order valence-electron chi connectivity index (χ4n) is 3.00. The second-order valence-corrected chi connectivity index (χ2v) is 5.58. The Bertz CT molecular complexity index is 230. The van der Waals surface area contributed by atoms with Crippen LogP contribution < -0.4 is 5.32 Å². The fraction of sp³-hybridized carbons (Fsp3) is 0.929. The molecule has 3 heteroatoms. The summed E-state index contributed by atoms with van der Waals surface area (Å²) in [6.07, 6.45) is 9.81. The van der Waals surface area contributed by atoms with E-state index in [1.165, 1.54) is 32.1 Å². The zero-order valence-corrected chi connectivity index (χ0v) is 10.7. The number of hydrogen-bond acceptors (Lipinski definition) is 2. The summed E-state index contributed by atoms with van der Waals surface area (Å²) in [4.78, 5) is 11.6. The molecule has 1 amide bonds. The van der Waals surface area contributed by atoms with E-state index in [0.29, 0.717) is 12.3 Å². The number of carbonyl (C=O) groups excluding carboxylic acids is 1. The standard InChI is InChI=1S/C14H25NO2/c16-14(10-13-7-9-17-11-13)15-8-3-6-12-4-1-2-5-12/h12-13H,1-11H2,(H,15,16). The molecule has 0 aromatic heterocycles. The van der Waals surface area contributed by atoms with E-state index in [1.807, 2.05) is 0 Å². The van der Waals surface area contributed by atoms with Crippen molar-refractivity contribution in [2.75, 3.05) is 19.8 Å². The molecule has 1 N–H and O–H groups in total. The van der Waals surface area contributed by atoms with Gasteiger partial charge in [-0.25, -0.2) is 0 Å². The lowest BCUT2D eigenvalue weighted by Gasteiger charge is -2.10. The molecule has 1 saturated heterocycles. The fourth-order valence-corrected chi connectivity index (χ4v) is 3.00. The minimum absolute atomic E-state index is 0.215. The normalized spacial score (nSPS) is 25.3. The summed E-state index contributed by atoms with van der Waals surface area (Å²) in [5.41, 5.74) is 0. The molecule has 0 aromatic carbocycles. The van der Waals surface area contributed by atoms with E-state index in [9.17, 15) is 4.79 Å². The van der Waals surface area contributed by atoms with Crippen LogP contribution in [0.4, 0.5) is 0 Å². The van der Waals surface area contributed by atoms with Gasteiger partial charge in [-0.05, 0) is 31.1 Å². The van der Waals surface area contributed by atoms with E-state index in [-0.39, 0.29) is 5.91 Å². The number of hydrogen-bond donors (Lipinski definition) is 1. The van der Waals surface area contributed by atoms with Crippen LogP contribution in [-0.4, -0.2) is 25.7 Å². The van der Waals surface area contributed by atoms with E-state index >= 15 is 0 Å².